The van der Waals surface area contributed by atoms with Crippen LogP contribution in [0.25, 0.3) is 0 Å². The predicted octanol–water partition coefficient (Wildman–Crippen LogP) is 0.766. The fourth-order valence-electron chi connectivity index (χ4n) is 0.561. The summed E-state index contributed by atoms with van der Waals surface area (Å²) in [5.74, 6) is -0.272. The van der Waals surface area contributed by atoms with E-state index in [4.69, 9.17) is 9.47 Å². The topological polar surface area (TPSA) is 44.8 Å². The normalized spacial score (nSPS) is 23.3. The van der Waals surface area contributed by atoms with Crippen LogP contribution in [0.15, 0.2) is 12.5 Å². The minimum absolute atomic E-state index is 0.173. The lowest BCUT2D eigenvalue weighted by molar-refractivity contribution is -0.139. The Hall–Kier alpha value is -0.460. The van der Waals surface area contributed by atoms with Gasteiger partial charge in [0.15, 0.2) is 23.0 Å². The van der Waals surface area contributed by atoms with E-state index >= 15 is 0 Å². The number of rotatable bonds is 1. The zero-order chi connectivity index (χ0) is 7.56. The van der Waals surface area contributed by atoms with Gasteiger partial charge in [0.2, 0.25) is 6.10 Å². The highest BCUT2D eigenvalue weighted by atomic mass is 127. The van der Waals surface area contributed by atoms with E-state index in [1.54, 1.807) is 0 Å². The molecule has 0 spiro atoms. The van der Waals surface area contributed by atoms with E-state index in [1.165, 1.54) is 23.0 Å². The van der Waals surface area contributed by atoms with Crippen LogP contribution >= 0.6 is 23.0 Å². The van der Waals surface area contributed by atoms with Gasteiger partial charge in [-0.15, -0.1) is 0 Å². The van der Waals surface area contributed by atoms with Crippen molar-refractivity contribution in [2.24, 2.45) is 0 Å². The quantitative estimate of drug-likeness (QED) is 0.650. The summed E-state index contributed by atoms with van der Waals surface area (Å²) in [6, 6.07) is 0. The number of ether oxygens (including phenoxy) is 2. The summed E-state index contributed by atoms with van der Waals surface area (Å²) in [6.07, 6.45) is -0.635. The molecule has 1 unspecified atom stereocenters. The van der Waals surface area contributed by atoms with E-state index in [0.29, 0.717) is 0 Å². The van der Waals surface area contributed by atoms with Crippen molar-refractivity contribution >= 4 is 29.0 Å². The molecule has 5 heteroatoms. The summed E-state index contributed by atoms with van der Waals surface area (Å²) in [6.45, 7) is 3.56. The lowest BCUT2D eigenvalue weighted by Crippen LogP contribution is -2.21. The fourth-order valence-corrected chi connectivity index (χ4v) is 0.845. The second kappa shape index (κ2) is 3.09. The molecule has 0 saturated carbocycles. The van der Waals surface area contributed by atoms with Gasteiger partial charge in [0.05, 0.1) is 0 Å². The molecule has 0 N–H and O–H groups in total. The summed E-state index contributed by atoms with van der Waals surface area (Å²) in [5.41, 5.74) is 0. The van der Waals surface area contributed by atoms with Crippen LogP contribution in [0.4, 0.5) is 0 Å². The first kappa shape index (κ1) is 7.64. The molecule has 0 aromatic carbocycles. The Labute approximate surface area is 71.8 Å². The van der Waals surface area contributed by atoms with Gasteiger partial charge in [0, 0.05) is 0 Å². The molecule has 10 heavy (non-hydrogen) atoms. The van der Waals surface area contributed by atoms with E-state index in [0.717, 1.165) is 0 Å². The molecular weight excluding hydrogens is 251 g/mol. The number of carbonyl (C=O) groups excluding carboxylic acids is 1. The van der Waals surface area contributed by atoms with Gasteiger partial charge in [0.1, 0.15) is 6.61 Å². The highest BCUT2D eigenvalue weighted by Crippen LogP contribution is 2.14. The molecule has 0 aromatic heterocycles. The maximum absolute atomic E-state index is 10.7. The van der Waals surface area contributed by atoms with Crippen molar-refractivity contribution in [3.8, 4) is 0 Å². The molecule has 1 aliphatic heterocycles. The van der Waals surface area contributed by atoms with Crippen LogP contribution in [0.3, 0.4) is 0 Å². The van der Waals surface area contributed by atoms with E-state index in [1.807, 2.05) is 0 Å². The Balaban J connectivity index is 2.44. The zero-order valence-electron chi connectivity index (χ0n) is 5.00. The predicted molar refractivity (Wildman–Crippen MR) is 40.1 cm³/mol. The van der Waals surface area contributed by atoms with Gasteiger partial charge in [-0.3, -0.25) is 0 Å². The smallest absolute Gasteiger partial charge is 0.360 e. The minimum atomic E-state index is -0.635. The van der Waals surface area contributed by atoms with Gasteiger partial charge in [0.25, 0.3) is 5.95 Å². The van der Waals surface area contributed by atoms with E-state index in [2.05, 4.69) is 9.65 Å². The van der Waals surface area contributed by atoms with Crippen LogP contribution in [0.5, 0.6) is 0 Å². The summed E-state index contributed by atoms with van der Waals surface area (Å²) >= 11 is 1.50. The molecule has 4 nitrogen and oxygen atoms in total. The van der Waals surface area contributed by atoms with Crippen LogP contribution in [0, 0.1) is 0 Å². The second-order valence-corrected chi connectivity index (χ2v) is 2.13. The van der Waals surface area contributed by atoms with Crippen molar-refractivity contribution in [2.75, 3.05) is 6.61 Å². The Kier molecular flexibility index (Phi) is 2.36. The van der Waals surface area contributed by atoms with Crippen molar-refractivity contribution in [1.29, 1.82) is 0 Å². The maximum Gasteiger partial charge on any atom is 0.360 e. The molecule has 0 bridgehead atoms. The first-order valence-corrected chi connectivity index (χ1v) is 3.43. The molecule has 1 atom stereocenters. The fraction of sp³-hybridized carbons (Fsp3) is 0.400. The average Bonchev–Trinajstić information content (AvgIpc) is 2.34. The monoisotopic (exact) mass is 256 g/mol. The van der Waals surface area contributed by atoms with E-state index in [-0.39, 0.29) is 12.6 Å². The van der Waals surface area contributed by atoms with Gasteiger partial charge < -0.3 is 12.5 Å². The molecule has 1 rings (SSSR count). The van der Waals surface area contributed by atoms with Crippen molar-refractivity contribution in [3.05, 3.63) is 12.5 Å². The van der Waals surface area contributed by atoms with Crippen molar-refractivity contribution in [1.82, 2.24) is 0 Å². The SMILES string of the molecule is C=C1OCC(C(=O)OI)O1. The highest BCUT2D eigenvalue weighted by molar-refractivity contribution is 14.1. The third kappa shape index (κ3) is 1.53. The maximum atomic E-state index is 10.7. The molecule has 1 fully saturated rings. The average molecular weight is 256 g/mol. The van der Waals surface area contributed by atoms with Gasteiger partial charge in [-0.1, -0.05) is 0 Å². The lowest BCUT2D eigenvalue weighted by atomic mass is 10.4. The molecule has 0 amide bonds. The molecular formula is C5H5IO4. The molecule has 56 valence electrons. The highest BCUT2D eigenvalue weighted by Gasteiger charge is 2.29. The number of carbonyl (C=O) groups is 1. The standard InChI is InChI=1S/C5H5IO4/c1-3-8-2-4(9-3)5(7)10-6/h4H,1-2H2. The third-order valence-electron chi connectivity index (χ3n) is 1.01. The second-order valence-electron chi connectivity index (χ2n) is 1.69. The van der Waals surface area contributed by atoms with Gasteiger partial charge in [-0.05, 0) is 6.58 Å². The summed E-state index contributed by atoms with van der Waals surface area (Å²) < 4.78 is 14.0. The summed E-state index contributed by atoms with van der Waals surface area (Å²) in [7, 11) is 0. The molecule has 0 aliphatic carbocycles. The van der Waals surface area contributed by atoms with Gasteiger partial charge in [-0.2, -0.15) is 0 Å². The Morgan fingerprint density at radius 3 is 3.00 bits per heavy atom. The van der Waals surface area contributed by atoms with Crippen LogP contribution in [-0.2, 0) is 17.3 Å². The van der Waals surface area contributed by atoms with Crippen molar-refractivity contribution in [3.63, 3.8) is 0 Å². The molecule has 1 saturated heterocycles. The Bertz CT molecular complexity index is 167. The molecule has 0 aromatic rings. The van der Waals surface area contributed by atoms with Crippen molar-refractivity contribution < 1.29 is 17.3 Å². The summed E-state index contributed by atoms with van der Waals surface area (Å²) in [4.78, 5) is 10.7. The number of hydrogen-bond donors (Lipinski definition) is 0. The number of halogens is 1. The largest absolute Gasteiger partial charge is 0.461 e. The van der Waals surface area contributed by atoms with E-state index in [9.17, 15) is 4.79 Å². The van der Waals surface area contributed by atoms with Crippen LogP contribution in [-0.4, -0.2) is 18.7 Å². The van der Waals surface area contributed by atoms with Crippen molar-refractivity contribution in [2.45, 2.75) is 6.10 Å². The zero-order valence-corrected chi connectivity index (χ0v) is 7.16. The van der Waals surface area contributed by atoms with Crippen LogP contribution < -0.4 is 0 Å². The summed E-state index contributed by atoms with van der Waals surface area (Å²) in [5, 5.41) is 0. The Morgan fingerprint density at radius 1 is 1.90 bits per heavy atom. The number of hydrogen-bond acceptors (Lipinski definition) is 4. The van der Waals surface area contributed by atoms with Crippen LogP contribution in [0.2, 0.25) is 0 Å². The minimum Gasteiger partial charge on any atom is -0.461 e. The lowest BCUT2D eigenvalue weighted by Gasteiger charge is -2.00. The van der Waals surface area contributed by atoms with Gasteiger partial charge >= 0.3 is 5.97 Å². The first-order valence-electron chi connectivity index (χ1n) is 2.55. The third-order valence-corrected chi connectivity index (χ3v) is 1.44. The van der Waals surface area contributed by atoms with Crippen LogP contribution in [0.1, 0.15) is 0 Å². The molecule has 0 radical (unpaired) electrons. The Morgan fingerprint density at radius 2 is 2.60 bits per heavy atom. The molecule has 1 heterocycles. The van der Waals surface area contributed by atoms with E-state index < -0.39 is 12.1 Å². The van der Waals surface area contributed by atoms with Gasteiger partial charge in [-0.25, -0.2) is 4.79 Å². The first-order chi connectivity index (χ1) is 4.74. The molecule has 1 aliphatic rings.